The first-order valence-corrected chi connectivity index (χ1v) is 15.6. The normalized spacial score (nSPS) is 12.8. The molecule has 3 heteroatoms. The predicted octanol–water partition coefficient (Wildman–Crippen LogP) is 10.4. The molecule has 0 atom stereocenters. The second kappa shape index (κ2) is 10.4. The minimum atomic E-state index is -0.0990. The van der Waals surface area contributed by atoms with Crippen molar-refractivity contribution < 1.29 is 0 Å². The van der Waals surface area contributed by atoms with Gasteiger partial charge < -0.3 is 9.62 Å². The van der Waals surface area contributed by atoms with Crippen molar-refractivity contribution in [1.82, 2.24) is 0 Å². The Hall–Kier alpha value is -5.80. The number of nitrogens with zero attached hydrogens (tertiary/aromatic N) is 2. The molecule has 2 nitrogen and oxygen atoms in total. The van der Waals surface area contributed by atoms with Gasteiger partial charge in [0.05, 0.1) is 0 Å². The highest BCUT2D eigenvalue weighted by atomic mass is 15.2. The maximum Gasteiger partial charge on any atom is 0.421 e. The van der Waals surface area contributed by atoms with Crippen LogP contribution in [0.3, 0.4) is 0 Å². The summed E-state index contributed by atoms with van der Waals surface area (Å²) in [6, 6.07) is 64.0. The molecule has 2 aliphatic heterocycles. The van der Waals surface area contributed by atoms with Crippen LogP contribution in [0.1, 0.15) is 0 Å². The fourth-order valence-electron chi connectivity index (χ4n) is 7.27. The van der Waals surface area contributed by atoms with Crippen LogP contribution in [0.15, 0.2) is 176 Å². The summed E-state index contributed by atoms with van der Waals surface area (Å²) >= 11 is 0. The van der Waals surface area contributed by atoms with Crippen molar-refractivity contribution in [3.8, 4) is 44.5 Å². The standard InChI is InChI=1S/C42H29BN2/c1-3-14-30(15-4-1)32-18-11-20-34(28-32)44-40-26-9-7-22-36(40)38-24-13-25-39-37-23-8-10-27-41(37)45(43(44)42(38)39)35-21-12-19-33(29-35)31-16-5-2-6-17-31/h1-29H. The molecule has 45 heavy (non-hydrogen) atoms. The second-order valence-electron chi connectivity index (χ2n) is 11.7. The molecule has 9 rings (SSSR count). The Morgan fingerprint density at radius 3 is 1.18 bits per heavy atom. The van der Waals surface area contributed by atoms with Crippen LogP contribution in [-0.2, 0) is 0 Å². The molecule has 210 valence electrons. The minimum absolute atomic E-state index is 0.0990. The number of anilines is 4. The highest BCUT2D eigenvalue weighted by Gasteiger charge is 2.46. The Morgan fingerprint density at radius 2 is 0.689 bits per heavy atom. The van der Waals surface area contributed by atoms with Crippen molar-refractivity contribution in [2.45, 2.75) is 0 Å². The van der Waals surface area contributed by atoms with E-state index >= 15 is 0 Å². The first-order valence-electron chi connectivity index (χ1n) is 15.6. The maximum atomic E-state index is 2.55. The third kappa shape index (κ3) is 4.12. The highest BCUT2D eigenvalue weighted by molar-refractivity contribution is 6.86. The summed E-state index contributed by atoms with van der Waals surface area (Å²) in [5, 5.41) is 0. The van der Waals surface area contributed by atoms with Gasteiger partial charge in [-0.15, -0.1) is 0 Å². The zero-order valence-corrected chi connectivity index (χ0v) is 24.7. The molecule has 7 aromatic rings. The molecule has 0 spiro atoms. The van der Waals surface area contributed by atoms with Gasteiger partial charge in [-0.25, -0.2) is 0 Å². The summed E-state index contributed by atoms with van der Waals surface area (Å²) in [6.45, 7) is -0.0990. The summed E-state index contributed by atoms with van der Waals surface area (Å²) < 4.78 is 0. The van der Waals surface area contributed by atoms with E-state index in [4.69, 9.17) is 0 Å². The molecule has 0 N–H and O–H groups in total. The van der Waals surface area contributed by atoms with Crippen molar-refractivity contribution in [2.24, 2.45) is 0 Å². The molecule has 0 unspecified atom stereocenters. The molecule has 0 saturated carbocycles. The topological polar surface area (TPSA) is 6.48 Å². The molecule has 0 bridgehead atoms. The van der Waals surface area contributed by atoms with Crippen LogP contribution in [0.4, 0.5) is 22.7 Å². The molecule has 0 amide bonds. The SMILES string of the molecule is c1ccc(-c2cccc(N3B4c5c(cccc5-c5ccccc5N4c4cccc(-c5ccccc5)c4)-c4ccccc43)c2)cc1. The van der Waals surface area contributed by atoms with Gasteiger partial charge in [0.25, 0.3) is 0 Å². The first-order chi connectivity index (χ1) is 22.3. The molecule has 2 aliphatic rings. The Balaban J connectivity index is 1.33. The Morgan fingerprint density at radius 1 is 0.311 bits per heavy atom. The maximum absolute atomic E-state index is 2.55. The van der Waals surface area contributed by atoms with Crippen molar-refractivity contribution in [2.75, 3.05) is 9.62 Å². The summed E-state index contributed by atoms with van der Waals surface area (Å²) in [4.78, 5) is 5.11. The van der Waals surface area contributed by atoms with Crippen LogP contribution in [-0.4, -0.2) is 6.98 Å². The van der Waals surface area contributed by atoms with E-state index in [0.717, 1.165) is 11.4 Å². The molecule has 0 saturated heterocycles. The van der Waals surface area contributed by atoms with Gasteiger partial charge in [0.1, 0.15) is 0 Å². The van der Waals surface area contributed by atoms with Crippen molar-refractivity contribution in [1.29, 1.82) is 0 Å². The van der Waals surface area contributed by atoms with E-state index < -0.39 is 0 Å². The van der Waals surface area contributed by atoms with E-state index in [-0.39, 0.29) is 6.98 Å². The van der Waals surface area contributed by atoms with Crippen LogP contribution < -0.4 is 15.1 Å². The number of benzene rings is 7. The number of para-hydroxylation sites is 2. The Kier molecular flexibility index (Phi) is 5.95. The van der Waals surface area contributed by atoms with Gasteiger partial charge in [-0.3, -0.25) is 0 Å². The third-order valence-corrected chi connectivity index (χ3v) is 9.22. The smallest absolute Gasteiger partial charge is 0.361 e. The van der Waals surface area contributed by atoms with Gasteiger partial charge in [0, 0.05) is 33.9 Å². The quantitative estimate of drug-likeness (QED) is 0.194. The number of rotatable bonds is 4. The van der Waals surface area contributed by atoms with E-state index in [1.54, 1.807) is 0 Å². The van der Waals surface area contributed by atoms with Gasteiger partial charge in [-0.05, 0) is 75.2 Å². The number of hydrogen-bond donors (Lipinski definition) is 0. The lowest BCUT2D eigenvalue weighted by molar-refractivity contribution is 1.26. The lowest BCUT2D eigenvalue weighted by Crippen LogP contribution is -2.61. The van der Waals surface area contributed by atoms with E-state index in [0.29, 0.717) is 0 Å². The van der Waals surface area contributed by atoms with E-state index in [1.165, 1.54) is 61.3 Å². The van der Waals surface area contributed by atoms with Crippen LogP contribution >= 0.6 is 0 Å². The average molecular weight is 573 g/mol. The van der Waals surface area contributed by atoms with Crippen molar-refractivity contribution in [3.05, 3.63) is 176 Å². The molecule has 0 aliphatic carbocycles. The lowest BCUT2D eigenvalue weighted by atomic mass is 9.53. The van der Waals surface area contributed by atoms with Gasteiger partial charge in [-0.2, -0.15) is 0 Å². The molecular weight excluding hydrogens is 543 g/mol. The van der Waals surface area contributed by atoms with E-state index in [1.807, 2.05) is 0 Å². The van der Waals surface area contributed by atoms with Crippen molar-refractivity contribution in [3.63, 3.8) is 0 Å². The summed E-state index contributed by atoms with van der Waals surface area (Å²) in [5.74, 6) is 0. The van der Waals surface area contributed by atoms with Gasteiger partial charge >= 0.3 is 6.98 Å². The molecule has 0 aromatic heterocycles. The Bertz CT molecular complexity index is 2040. The number of fused-ring (bicyclic) bond motifs is 4. The minimum Gasteiger partial charge on any atom is -0.361 e. The molecule has 0 fully saturated rings. The molecule has 0 radical (unpaired) electrons. The molecule has 2 heterocycles. The lowest BCUT2D eigenvalue weighted by Gasteiger charge is -2.47. The molecule has 7 aromatic carbocycles. The summed E-state index contributed by atoms with van der Waals surface area (Å²) in [5.41, 5.74) is 16.0. The van der Waals surface area contributed by atoms with Crippen molar-refractivity contribution >= 4 is 35.2 Å². The third-order valence-electron chi connectivity index (χ3n) is 9.22. The second-order valence-corrected chi connectivity index (χ2v) is 11.7. The highest BCUT2D eigenvalue weighted by Crippen LogP contribution is 2.49. The Labute approximate surface area is 264 Å². The summed E-state index contributed by atoms with van der Waals surface area (Å²) in [6.07, 6.45) is 0. The monoisotopic (exact) mass is 572 g/mol. The van der Waals surface area contributed by atoms with E-state index in [2.05, 4.69) is 186 Å². The van der Waals surface area contributed by atoms with Crippen LogP contribution in [0.2, 0.25) is 0 Å². The van der Waals surface area contributed by atoms with E-state index in [9.17, 15) is 0 Å². The van der Waals surface area contributed by atoms with Gasteiger partial charge in [-0.1, -0.05) is 140 Å². The first kappa shape index (κ1) is 25.7. The van der Waals surface area contributed by atoms with Crippen LogP contribution in [0.25, 0.3) is 44.5 Å². The van der Waals surface area contributed by atoms with Gasteiger partial charge in [0.15, 0.2) is 0 Å². The average Bonchev–Trinajstić information content (AvgIpc) is 3.13. The number of hydrogen-bond acceptors (Lipinski definition) is 2. The van der Waals surface area contributed by atoms with Crippen LogP contribution in [0, 0.1) is 0 Å². The zero-order valence-electron chi connectivity index (χ0n) is 24.7. The van der Waals surface area contributed by atoms with Crippen LogP contribution in [0.5, 0.6) is 0 Å². The predicted molar refractivity (Wildman–Crippen MR) is 191 cm³/mol. The fraction of sp³-hybridized carbons (Fsp3) is 0. The zero-order chi connectivity index (χ0) is 29.7. The fourth-order valence-corrected chi connectivity index (χ4v) is 7.27. The van der Waals surface area contributed by atoms with Gasteiger partial charge in [0.2, 0.25) is 0 Å². The molecular formula is C42H29BN2. The largest absolute Gasteiger partial charge is 0.421 e. The summed E-state index contributed by atoms with van der Waals surface area (Å²) in [7, 11) is 0.